The van der Waals surface area contributed by atoms with Crippen molar-refractivity contribution in [1.29, 1.82) is 5.41 Å². The van der Waals surface area contributed by atoms with E-state index in [1.165, 1.54) is 4.90 Å². The summed E-state index contributed by atoms with van der Waals surface area (Å²) in [6, 6.07) is 15.9. The Balaban J connectivity index is 0.00000306. The topological polar surface area (TPSA) is 129 Å². The number of carbonyl (C=O) groups excluding carboxylic acids is 2. The molecule has 2 amide bonds. The van der Waals surface area contributed by atoms with E-state index in [0.29, 0.717) is 23.5 Å². The second-order valence-electron chi connectivity index (χ2n) is 7.27. The van der Waals surface area contributed by atoms with Crippen molar-refractivity contribution >= 4 is 52.8 Å². The van der Waals surface area contributed by atoms with Crippen LogP contribution in [-0.2, 0) is 14.3 Å². The molecule has 0 aliphatic carbocycles. The van der Waals surface area contributed by atoms with Gasteiger partial charge in [-0.1, -0.05) is 12.1 Å². The van der Waals surface area contributed by atoms with E-state index in [9.17, 15) is 14.7 Å². The van der Waals surface area contributed by atoms with Gasteiger partial charge in [-0.15, -0.1) is 12.4 Å². The number of amidine groups is 1. The molecule has 10 heteroatoms. The number of morpholine rings is 1. The Bertz CT molecular complexity index is 1120. The van der Waals surface area contributed by atoms with Gasteiger partial charge in [-0.05, 0) is 64.4 Å². The van der Waals surface area contributed by atoms with Gasteiger partial charge in [0.15, 0.2) is 12.2 Å². The Hall–Kier alpha value is -3.24. The first kappa shape index (κ1) is 24.4. The molecule has 0 unspecified atom stereocenters. The highest BCUT2D eigenvalue weighted by Crippen LogP contribution is 2.27. The number of aliphatic hydroxyl groups excluding tert-OH is 1. The molecule has 4 rings (SSSR count). The van der Waals surface area contributed by atoms with Crippen LogP contribution in [0.1, 0.15) is 5.56 Å². The molecule has 0 bridgehead atoms. The number of nitrogens with one attached hydrogen (secondary N) is 2. The van der Waals surface area contributed by atoms with Crippen LogP contribution in [0.15, 0.2) is 65.4 Å². The Morgan fingerprint density at radius 3 is 2.45 bits per heavy atom. The Morgan fingerprint density at radius 2 is 1.85 bits per heavy atom. The molecule has 1 aromatic heterocycles. The second kappa shape index (κ2) is 10.6. The van der Waals surface area contributed by atoms with E-state index in [4.69, 9.17) is 15.9 Å². The van der Waals surface area contributed by atoms with Crippen molar-refractivity contribution < 1.29 is 19.4 Å². The highest BCUT2D eigenvalue weighted by Gasteiger charge is 2.39. The summed E-state index contributed by atoms with van der Waals surface area (Å²) in [4.78, 5) is 27.0. The third-order valence-electron chi connectivity index (χ3n) is 5.17. The first-order valence-corrected chi connectivity index (χ1v) is 10.9. The predicted molar refractivity (Wildman–Crippen MR) is 131 cm³/mol. The van der Waals surface area contributed by atoms with E-state index in [0.717, 1.165) is 11.1 Å². The SMILES string of the molecule is Cl.N=C(N)c1ccc(NC(=O)[C@H](O)[C@H]2OCCN(c3ccc(-c4ccsc4)cc3)C2=O)cc1. The van der Waals surface area contributed by atoms with Crippen LogP contribution in [0.5, 0.6) is 0 Å². The maximum Gasteiger partial charge on any atom is 0.259 e. The molecule has 2 atom stereocenters. The van der Waals surface area contributed by atoms with Gasteiger partial charge in [-0.2, -0.15) is 11.3 Å². The van der Waals surface area contributed by atoms with Gasteiger partial charge in [0.2, 0.25) is 0 Å². The number of aliphatic hydroxyl groups is 1. The van der Waals surface area contributed by atoms with Gasteiger partial charge in [0.1, 0.15) is 5.84 Å². The Morgan fingerprint density at radius 1 is 1.15 bits per heavy atom. The van der Waals surface area contributed by atoms with E-state index in [2.05, 4.69) is 5.32 Å². The summed E-state index contributed by atoms with van der Waals surface area (Å²) < 4.78 is 5.45. The van der Waals surface area contributed by atoms with Gasteiger partial charge in [0.05, 0.1) is 6.61 Å². The minimum atomic E-state index is -1.68. The zero-order chi connectivity index (χ0) is 22.7. The summed E-state index contributed by atoms with van der Waals surface area (Å²) in [6.07, 6.45) is -2.99. The average molecular weight is 487 g/mol. The third-order valence-corrected chi connectivity index (χ3v) is 5.86. The number of benzene rings is 2. The average Bonchev–Trinajstić information content (AvgIpc) is 3.34. The monoisotopic (exact) mass is 486 g/mol. The van der Waals surface area contributed by atoms with Gasteiger partial charge < -0.3 is 25.8 Å². The number of nitrogens with two attached hydrogens (primary N) is 1. The smallest absolute Gasteiger partial charge is 0.259 e. The summed E-state index contributed by atoms with van der Waals surface area (Å²) in [6.45, 7) is 0.522. The fourth-order valence-corrected chi connectivity index (χ4v) is 4.10. The lowest BCUT2D eigenvalue weighted by atomic mass is 10.1. The number of hydrogen-bond donors (Lipinski definition) is 4. The molecule has 5 N–H and O–H groups in total. The molecule has 1 aliphatic heterocycles. The van der Waals surface area contributed by atoms with Crippen LogP contribution in [0.2, 0.25) is 0 Å². The maximum atomic E-state index is 13.0. The molecule has 1 aliphatic rings. The van der Waals surface area contributed by atoms with Crippen LogP contribution in [0, 0.1) is 5.41 Å². The number of thiophene rings is 1. The number of nitrogens with zero attached hydrogens (tertiary/aromatic N) is 1. The van der Waals surface area contributed by atoms with E-state index in [1.807, 2.05) is 41.1 Å². The number of anilines is 2. The maximum absolute atomic E-state index is 13.0. The number of carbonyl (C=O) groups is 2. The van der Waals surface area contributed by atoms with E-state index < -0.39 is 24.0 Å². The highest BCUT2D eigenvalue weighted by atomic mass is 35.5. The molecule has 3 aromatic rings. The summed E-state index contributed by atoms with van der Waals surface area (Å²) >= 11 is 1.61. The van der Waals surface area contributed by atoms with E-state index in [-0.39, 0.29) is 24.8 Å². The minimum absolute atomic E-state index is 0. The number of amides is 2. The number of rotatable bonds is 6. The van der Waals surface area contributed by atoms with Crippen molar-refractivity contribution in [2.24, 2.45) is 5.73 Å². The Labute approximate surface area is 200 Å². The first-order chi connectivity index (χ1) is 15.4. The molecule has 2 aromatic carbocycles. The number of halogens is 1. The van der Waals surface area contributed by atoms with Crippen molar-refractivity contribution in [1.82, 2.24) is 0 Å². The molecule has 172 valence electrons. The highest BCUT2D eigenvalue weighted by molar-refractivity contribution is 7.08. The van der Waals surface area contributed by atoms with Crippen molar-refractivity contribution in [3.05, 3.63) is 70.9 Å². The fraction of sp³-hybridized carbons (Fsp3) is 0.174. The van der Waals surface area contributed by atoms with Crippen molar-refractivity contribution in [2.45, 2.75) is 12.2 Å². The lowest BCUT2D eigenvalue weighted by Crippen LogP contribution is -2.55. The predicted octanol–water partition coefficient (Wildman–Crippen LogP) is 2.85. The Kier molecular flexibility index (Phi) is 7.83. The molecule has 33 heavy (non-hydrogen) atoms. The number of ether oxygens (including phenoxy) is 1. The third kappa shape index (κ3) is 5.40. The molecular formula is C23H23ClN4O4S. The van der Waals surface area contributed by atoms with Gasteiger partial charge in [-0.3, -0.25) is 15.0 Å². The summed E-state index contributed by atoms with van der Waals surface area (Å²) in [5, 5.41) is 24.5. The first-order valence-electron chi connectivity index (χ1n) is 9.93. The van der Waals surface area contributed by atoms with Crippen LogP contribution >= 0.6 is 23.7 Å². The zero-order valence-corrected chi connectivity index (χ0v) is 19.1. The number of nitrogen functional groups attached to an aromatic ring is 1. The van der Waals surface area contributed by atoms with Crippen LogP contribution in [0.4, 0.5) is 11.4 Å². The van der Waals surface area contributed by atoms with Crippen molar-refractivity contribution in [3.8, 4) is 11.1 Å². The molecule has 0 radical (unpaired) electrons. The van der Waals surface area contributed by atoms with Crippen LogP contribution < -0.4 is 16.0 Å². The zero-order valence-electron chi connectivity index (χ0n) is 17.4. The van der Waals surface area contributed by atoms with Crippen LogP contribution in [-0.4, -0.2) is 48.1 Å². The molecule has 0 saturated carbocycles. The lowest BCUT2D eigenvalue weighted by molar-refractivity contribution is -0.150. The van der Waals surface area contributed by atoms with Crippen molar-refractivity contribution in [2.75, 3.05) is 23.4 Å². The minimum Gasteiger partial charge on any atom is -0.384 e. The lowest BCUT2D eigenvalue weighted by Gasteiger charge is -2.34. The molecule has 1 saturated heterocycles. The van der Waals surface area contributed by atoms with Crippen LogP contribution in [0.3, 0.4) is 0 Å². The molecule has 1 fully saturated rings. The normalized spacial score (nSPS) is 16.6. The molecule has 8 nitrogen and oxygen atoms in total. The summed E-state index contributed by atoms with van der Waals surface area (Å²) in [5.74, 6) is -1.32. The molecule has 0 spiro atoms. The summed E-state index contributed by atoms with van der Waals surface area (Å²) in [5.41, 5.74) is 9.16. The standard InChI is InChI=1S/C23H22N4O4S.ClH/c24-21(25)15-1-5-17(6-2-15)26-22(29)19(28)20-23(30)27(10-11-31-20)18-7-3-14(4-8-18)16-9-12-32-13-16;/h1-9,12-13,19-20,28H,10-11H2,(H3,24,25)(H,26,29);1H/t19-,20-;/m1./s1. The largest absolute Gasteiger partial charge is 0.384 e. The molecular weight excluding hydrogens is 464 g/mol. The van der Waals surface area contributed by atoms with Gasteiger partial charge >= 0.3 is 0 Å². The molecule has 2 heterocycles. The van der Waals surface area contributed by atoms with E-state index in [1.54, 1.807) is 35.6 Å². The van der Waals surface area contributed by atoms with Gasteiger partial charge in [0, 0.05) is 23.5 Å². The quantitative estimate of drug-likeness (QED) is 0.314. The van der Waals surface area contributed by atoms with Crippen LogP contribution in [0.25, 0.3) is 11.1 Å². The van der Waals surface area contributed by atoms with Crippen molar-refractivity contribution in [3.63, 3.8) is 0 Å². The number of hydrogen-bond acceptors (Lipinski definition) is 6. The van der Waals surface area contributed by atoms with E-state index >= 15 is 0 Å². The summed E-state index contributed by atoms with van der Waals surface area (Å²) in [7, 11) is 0. The second-order valence-corrected chi connectivity index (χ2v) is 8.05. The fourth-order valence-electron chi connectivity index (χ4n) is 3.44. The van der Waals surface area contributed by atoms with Gasteiger partial charge in [-0.25, -0.2) is 0 Å². The van der Waals surface area contributed by atoms with Gasteiger partial charge in [0.25, 0.3) is 11.8 Å².